The van der Waals surface area contributed by atoms with E-state index in [0.29, 0.717) is 28.7 Å². The van der Waals surface area contributed by atoms with Gasteiger partial charge in [-0.1, -0.05) is 29.3 Å². The molecule has 0 spiro atoms. The Balaban J connectivity index is 2.09. The SMILES string of the molecule is CCOc1ccc(N(CC(=O)N(Cc2ccc(Cl)c(Cl)c2)C(C)C(=O)NC)S(=O)(=O)c2ccc(OC)c(OC)c2)cc1. The monoisotopic (exact) mass is 637 g/mol. The molecule has 1 atom stereocenters. The first-order valence-electron chi connectivity index (χ1n) is 12.9. The topological polar surface area (TPSA) is 114 Å². The summed E-state index contributed by atoms with van der Waals surface area (Å²) in [5.41, 5.74) is 0.813. The second kappa shape index (κ2) is 14.5. The molecule has 0 aromatic heterocycles. The van der Waals surface area contributed by atoms with Gasteiger partial charge in [0.2, 0.25) is 11.8 Å². The Labute approximate surface area is 256 Å². The van der Waals surface area contributed by atoms with Gasteiger partial charge in [0.15, 0.2) is 11.5 Å². The van der Waals surface area contributed by atoms with Crippen LogP contribution in [0.3, 0.4) is 0 Å². The predicted molar refractivity (Wildman–Crippen MR) is 162 cm³/mol. The minimum absolute atomic E-state index is 0.0299. The van der Waals surface area contributed by atoms with Crippen LogP contribution in [0, 0.1) is 0 Å². The fourth-order valence-corrected chi connectivity index (χ4v) is 5.89. The Morgan fingerprint density at radius 1 is 0.929 bits per heavy atom. The van der Waals surface area contributed by atoms with Gasteiger partial charge >= 0.3 is 0 Å². The van der Waals surface area contributed by atoms with Crippen LogP contribution in [0.2, 0.25) is 10.0 Å². The molecule has 226 valence electrons. The van der Waals surface area contributed by atoms with Crippen molar-refractivity contribution in [1.29, 1.82) is 0 Å². The van der Waals surface area contributed by atoms with E-state index in [-0.39, 0.29) is 27.9 Å². The molecule has 3 aromatic carbocycles. The summed E-state index contributed by atoms with van der Waals surface area (Å²) in [4.78, 5) is 27.7. The van der Waals surface area contributed by atoms with E-state index in [0.717, 1.165) is 4.31 Å². The van der Waals surface area contributed by atoms with Crippen molar-refractivity contribution in [3.8, 4) is 17.2 Å². The zero-order valence-electron chi connectivity index (χ0n) is 23.9. The molecule has 13 heteroatoms. The van der Waals surface area contributed by atoms with Crippen LogP contribution in [0.4, 0.5) is 5.69 Å². The number of sulfonamides is 1. The molecular weight excluding hydrogens is 605 g/mol. The molecule has 3 rings (SSSR count). The van der Waals surface area contributed by atoms with E-state index >= 15 is 0 Å². The van der Waals surface area contributed by atoms with Crippen molar-refractivity contribution < 1.29 is 32.2 Å². The summed E-state index contributed by atoms with van der Waals surface area (Å²) >= 11 is 12.2. The number of rotatable bonds is 13. The lowest BCUT2D eigenvalue weighted by molar-refractivity contribution is -0.139. The Morgan fingerprint density at radius 3 is 2.17 bits per heavy atom. The number of nitrogens with one attached hydrogen (secondary N) is 1. The fourth-order valence-electron chi connectivity index (χ4n) is 4.13. The lowest BCUT2D eigenvalue weighted by Crippen LogP contribution is -2.50. The Morgan fingerprint density at radius 2 is 1.60 bits per heavy atom. The maximum atomic E-state index is 14.1. The second-order valence-electron chi connectivity index (χ2n) is 9.02. The van der Waals surface area contributed by atoms with E-state index in [1.165, 1.54) is 44.4 Å². The number of hydrogen-bond donors (Lipinski definition) is 1. The van der Waals surface area contributed by atoms with Crippen molar-refractivity contribution in [1.82, 2.24) is 10.2 Å². The van der Waals surface area contributed by atoms with Crippen LogP contribution in [0.1, 0.15) is 19.4 Å². The molecule has 0 saturated heterocycles. The van der Waals surface area contributed by atoms with Crippen molar-refractivity contribution >= 4 is 50.7 Å². The van der Waals surface area contributed by atoms with Gasteiger partial charge in [0, 0.05) is 19.7 Å². The van der Waals surface area contributed by atoms with Gasteiger partial charge in [-0.05, 0) is 67.9 Å². The molecule has 3 aromatic rings. The smallest absolute Gasteiger partial charge is 0.264 e. The molecule has 0 aliphatic rings. The van der Waals surface area contributed by atoms with Crippen LogP contribution < -0.4 is 23.8 Å². The van der Waals surface area contributed by atoms with Gasteiger partial charge in [-0.3, -0.25) is 13.9 Å². The van der Waals surface area contributed by atoms with Gasteiger partial charge in [-0.2, -0.15) is 0 Å². The number of likely N-dealkylation sites (N-methyl/N-ethyl adjacent to an activating group) is 1. The minimum Gasteiger partial charge on any atom is -0.494 e. The van der Waals surface area contributed by atoms with Crippen LogP contribution in [0.15, 0.2) is 65.6 Å². The maximum absolute atomic E-state index is 14.1. The summed E-state index contributed by atoms with van der Waals surface area (Å²) in [6.45, 7) is 3.16. The Kier molecular flexibility index (Phi) is 11.3. The number of anilines is 1. The number of carbonyl (C=O) groups excluding carboxylic acids is 2. The summed E-state index contributed by atoms with van der Waals surface area (Å²) < 4.78 is 45.2. The fraction of sp³-hybridized carbons (Fsp3) is 0.310. The van der Waals surface area contributed by atoms with Crippen LogP contribution in [0.5, 0.6) is 17.2 Å². The summed E-state index contributed by atoms with van der Waals surface area (Å²) in [7, 11) is -0.0496. The van der Waals surface area contributed by atoms with Crippen molar-refractivity contribution in [2.45, 2.75) is 31.3 Å². The van der Waals surface area contributed by atoms with Gasteiger partial charge in [-0.15, -0.1) is 0 Å². The summed E-state index contributed by atoms with van der Waals surface area (Å²) in [5, 5.41) is 3.15. The van der Waals surface area contributed by atoms with E-state index in [1.54, 1.807) is 49.4 Å². The van der Waals surface area contributed by atoms with Crippen molar-refractivity contribution in [3.05, 3.63) is 76.3 Å². The summed E-state index contributed by atoms with van der Waals surface area (Å²) in [6, 6.07) is 14.4. The van der Waals surface area contributed by atoms with E-state index in [9.17, 15) is 18.0 Å². The van der Waals surface area contributed by atoms with Crippen LogP contribution in [0.25, 0.3) is 0 Å². The highest BCUT2D eigenvalue weighted by Gasteiger charge is 2.33. The van der Waals surface area contributed by atoms with Crippen LogP contribution in [-0.4, -0.2) is 65.6 Å². The molecular formula is C29H33Cl2N3O7S. The molecule has 0 saturated carbocycles. The first kappa shape index (κ1) is 32.8. The highest BCUT2D eigenvalue weighted by atomic mass is 35.5. The van der Waals surface area contributed by atoms with Crippen molar-refractivity contribution in [2.75, 3.05) is 38.7 Å². The first-order chi connectivity index (χ1) is 20.0. The molecule has 0 fully saturated rings. The third-order valence-electron chi connectivity index (χ3n) is 6.41. The number of halogens is 2. The summed E-state index contributed by atoms with van der Waals surface area (Å²) in [5.74, 6) is 0.0118. The lowest BCUT2D eigenvalue weighted by Gasteiger charge is -2.32. The van der Waals surface area contributed by atoms with Crippen molar-refractivity contribution in [3.63, 3.8) is 0 Å². The first-order valence-corrected chi connectivity index (χ1v) is 15.1. The van der Waals surface area contributed by atoms with Gasteiger partial charge in [-0.25, -0.2) is 8.42 Å². The van der Waals surface area contributed by atoms with E-state index in [2.05, 4.69) is 5.32 Å². The molecule has 0 bridgehead atoms. The largest absolute Gasteiger partial charge is 0.494 e. The normalized spacial score (nSPS) is 11.8. The Hall–Kier alpha value is -3.67. The number of benzene rings is 3. The molecule has 1 unspecified atom stereocenters. The van der Waals surface area contributed by atoms with E-state index in [1.807, 2.05) is 6.92 Å². The maximum Gasteiger partial charge on any atom is 0.264 e. The number of amides is 2. The number of methoxy groups -OCH3 is 2. The van der Waals surface area contributed by atoms with Crippen LogP contribution >= 0.6 is 23.2 Å². The highest BCUT2D eigenvalue weighted by Crippen LogP contribution is 2.33. The van der Waals surface area contributed by atoms with Gasteiger partial charge < -0.3 is 24.4 Å². The van der Waals surface area contributed by atoms with Crippen LogP contribution in [-0.2, 0) is 26.2 Å². The standard InChI is InChI=1S/C29H33Cl2N3O7S/c1-6-41-22-10-8-21(9-11-22)34(42(37,38)23-12-14-26(39-4)27(16-23)40-5)18-28(35)33(19(2)29(36)32-3)17-20-7-13-24(30)25(31)15-20/h7-16,19H,6,17-18H2,1-5H3,(H,32,36). The number of ether oxygens (including phenoxy) is 3. The zero-order valence-corrected chi connectivity index (χ0v) is 26.2. The molecule has 10 nitrogen and oxygen atoms in total. The molecule has 0 aliphatic heterocycles. The average Bonchev–Trinajstić information content (AvgIpc) is 2.99. The number of hydrogen-bond acceptors (Lipinski definition) is 7. The van der Waals surface area contributed by atoms with E-state index < -0.39 is 34.4 Å². The highest BCUT2D eigenvalue weighted by molar-refractivity contribution is 7.92. The van der Waals surface area contributed by atoms with Gasteiger partial charge in [0.25, 0.3) is 10.0 Å². The van der Waals surface area contributed by atoms with Gasteiger partial charge in [0.05, 0.1) is 41.5 Å². The van der Waals surface area contributed by atoms with E-state index in [4.69, 9.17) is 37.4 Å². The molecule has 0 heterocycles. The number of carbonyl (C=O) groups is 2. The van der Waals surface area contributed by atoms with Gasteiger partial charge in [0.1, 0.15) is 18.3 Å². The third-order valence-corrected chi connectivity index (χ3v) is 8.92. The van der Waals surface area contributed by atoms with Crippen molar-refractivity contribution in [2.24, 2.45) is 0 Å². The second-order valence-corrected chi connectivity index (χ2v) is 11.7. The quantitative estimate of drug-likeness (QED) is 0.287. The average molecular weight is 639 g/mol. The molecule has 2 amide bonds. The molecule has 1 N–H and O–H groups in total. The molecule has 0 aliphatic carbocycles. The lowest BCUT2D eigenvalue weighted by atomic mass is 10.1. The third kappa shape index (κ3) is 7.58. The number of nitrogens with zero attached hydrogens (tertiary/aromatic N) is 2. The molecule has 0 radical (unpaired) electrons. The minimum atomic E-state index is -4.33. The molecule has 42 heavy (non-hydrogen) atoms. The zero-order chi connectivity index (χ0) is 31.0. The summed E-state index contributed by atoms with van der Waals surface area (Å²) in [6.07, 6.45) is 0. The Bertz CT molecular complexity index is 1520. The predicted octanol–water partition coefficient (Wildman–Crippen LogP) is 4.77.